The molecule has 1 saturated heterocycles. The highest BCUT2D eigenvalue weighted by molar-refractivity contribution is 5.99. The van der Waals surface area contributed by atoms with Gasteiger partial charge >= 0.3 is 0 Å². The lowest BCUT2D eigenvalue weighted by atomic mass is 10.0. The topological polar surface area (TPSA) is 45.7 Å². The molecule has 26 heavy (non-hydrogen) atoms. The van der Waals surface area contributed by atoms with Gasteiger partial charge in [0.1, 0.15) is 11.6 Å². The number of ether oxygens (including phenoxy) is 1. The molecule has 1 aromatic heterocycles. The van der Waals surface area contributed by atoms with Crippen molar-refractivity contribution >= 4 is 11.7 Å². The van der Waals surface area contributed by atoms with Crippen molar-refractivity contribution in [1.82, 2.24) is 9.88 Å². The number of nitrogens with zero attached hydrogens (tertiary/aromatic N) is 3. The molecule has 0 bridgehead atoms. The molecule has 5 nitrogen and oxygen atoms in total. The zero-order valence-electron chi connectivity index (χ0n) is 15.3. The molecular formula is C21H25N3O2. The van der Waals surface area contributed by atoms with Gasteiger partial charge in [-0.05, 0) is 61.1 Å². The SMILES string of the molecule is COc1ccc2c(c1)CCN(c1ncccc1C(=O)N1CCCC1)CC2. The van der Waals surface area contributed by atoms with Gasteiger partial charge in [-0.2, -0.15) is 0 Å². The zero-order valence-corrected chi connectivity index (χ0v) is 15.3. The number of fused-ring (bicyclic) bond motifs is 1. The molecule has 4 rings (SSSR count). The highest BCUT2D eigenvalue weighted by Gasteiger charge is 2.25. The molecule has 2 aliphatic heterocycles. The van der Waals surface area contributed by atoms with E-state index in [1.807, 2.05) is 23.1 Å². The Bertz CT molecular complexity index is 800. The van der Waals surface area contributed by atoms with Crippen molar-refractivity contribution in [3.63, 3.8) is 0 Å². The third-order valence-corrected chi connectivity index (χ3v) is 5.43. The molecule has 0 aliphatic carbocycles. The average molecular weight is 351 g/mol. The van der Waals surface area contributed by atoms with Crippen LogP contribution in [0.3, 0.4) is 0 Å². The summed E-state index contributed by atoms with van der Waals surface area (Å²) in [6, 6.07) is 10.1. The van der Waals surface area contributed by atoms with Gasteiger partial charge < -0.3 is 14.5 Å². The Morgan fingerprint density at radius 1 is 1.04 bits per heavy atom. The van der Waals surface area contributed by atoms with Crippen LogP contribution in [0, 0.1) is 0 Å². The number of hydrogen-bond acceptors (Lipinski definition) is 4. The zero-order chi connectivity index (χ0) is 17.9. The van der Waals surface area contributed by atoms with Crippen LogP contribution in [0.5, 0.6) is 5.75 Å². The molecule has 0 radical (unpaired) electrons. The number of anilines is 1. The smallest absolute Gasteiger partial charge is 0.257 e. The molecule has 0 spiro atoms. The Kier molecular flexibility index (Phi) is 4.78. The molecule has 2 aliphatic rings. The second-order valence-corrected chi connectivity index (χ2v) is 7.00. The maximum Gasteiger partial charge on any atom is 0.257 e. The van der Waals surface area contributed by atoms with E-state index in [1.165, 1.54) is 11.1 Å². The molecule has 0 unspecified atom stereocenters. The molecule has 5 heteroatoms. The second kappa shape index (κ2) is 7.36. The van der Waals surface area contributed by atoms with Crippen molar-refractivity contribution in [3.05, 3.63) is 53.2 Å². The number of amides is 1. The number of methoxy groups -OCH3 is 1. The van der Waals surface area contributed by atoms with Crippen LogP contribution in [0.25, 0.3) is 0 Å². The van der Waals surface area contributed by atoms with Crippen LogP contribution in [0.15, 0.2) is 36.5 Å². The summed E-state index contributed by atoms with van der Waals surface area (Å²) >= 11 is 0. The van der Waals surface area contributed by atoms with Crippen LogP contribution in [-0.2, 0) is 12.8 Å². The van der Waals surface area contributed by atoms with Gasteiger partial charge in [0.05, 0.1) is 12.7 Å². The van der Waals surface area contributed by atoms with Crippen LogP contribution >= 0.6 is 0 Å². The predicted molar refractivity (Wildman–Crippen MR) is 102 cm³/mol. The first-order valence-electron chi connectivity index (χ1n) is 9.41. The largest absolute Gasteiger partial charge is 0.497 e. The van der Waals surface area contributed by atoms with Crippen LogP contribution in [-0.4, -0.2) is 49.1 Å². The third kappa shape index (κ3) is 3.26. The van der Waals surface area contributed by atoms with Gasteiger partial charge in [-0.1, -0.05) is 6.07 Å². The minimum atomic E-state index is 0.119. The van der Waals surface area contributed by atoms with E-state index in [4.69, 9.17) is 4.74 Å². The summed E-state index contributed by atoms with van der Waals surface area (Å²) in [5.41, 5.74) is 3.42. The van der Waals surface area contributed by atoms with E-state index < -0.39 is 0 Å². The highest BCUT2D eigenvalue weighted by atomic mass is 16.5. The number of rotatable bonds is 3. The minimum absolute atomic E-state index is 0.119. The van der Waals surface area contributed by atoms with Crippen molar-refractivity contribution < 1.29 is 9.53 Å². The lowest BCUT2D eigenvalue weighted by Gasteiger charge is -2.25. The van der Waals surface area contributed by atoms with Crippen LogP contribution < -0.4 is 9.64 Å². The lowest BCUT2D eigenvalue weighted by Crippen LogP contribution is -2.33. The monoisotopic (exact) mass is 351 g/mol. The standard InChI is InChI=1S/C21H25N3O2/c1-26-18-7-6-16-8-13-23(14-9-17(16)15-18)20-19(5-4-10-22-20)21(25)24-11-2-3-12-24/h4-7,10,15H,2-3,8-9,11-14H2,1H3. The summed E-state index contributed by atoms with van der Waals surface area (Å²) < 4.78 is 5.36. The van der Waals surface area contributed by atoms with E-state index in [1.54, 1.807) is 13.3 Å². The van der Waals surface area contributed by atoms with Crippen molar-refractivity contribution in [3.8, 4) is 5.75 Å². The van der Waals surface area contributed by atoms with Crippen molar-refractivity contribution in [2.75, 3.05) is 38.2 Å². The fourth-order valence-electron chi connectivity index (χ4n) is 3.95. The minimum Gasteiger partial charge on any atom is -0.497 e. The van der Waals surface area contributed by atoms with Crippen LogP contribution in [0.1, 0.15) is 34.3 Å². The summed E-state index contributed by atoms with van der Waals surface area (Å²) in [5.74, 6) is 1.85. The number of likely N-dealkylation sites (tertiary alicyclic amines) is 1. The normalized spacial score (nSPS) is 17.0. The number of hydrogen-bond donors (Lipinski definition) is 0. The molecule has 0 saturated carbocycles. The average Bonchev–Trinajstić information content (AvgIpc) is 3.14. The van der Waals surface area contributed by atoms with Crippen LogP contribution in [0.2, 0.25) is 0 Å². The molecule has 3 heterocycles. The van der Waals surface area contributed by atoms with E-state index >= 15 is 0 Å². The summed E-state index contributed by atoms with van der Waals surface area (Å²) in [5, 5.41) is 0. The molecule has 0 atom stereocenters. The summed E-state index contributed by atoms with van der Waals surface area (Å²) in [6.45, 7) is 3.45. The number of benzene rings is 1. The van der Waals surface area contributed by atoms with Gasteiger partial charge in [0.25, 0.3) is 5.91 Å². The molecular weight excluding hydrogens is 326 g/mol. The maximum atomic E-state index is 12.9. The Labute approximate surface area is 154 Å². The third-order valence-electron chi connectivity index (χ3n) is 5.43. The quantitative estimate of drug-likeness (QED) is 0.853. The molecule has 136 valence electrons. The lowest BCUT2D eigenvalue weighted by molar-refractivity contribution is 0.0793. The first-order chi connectivity index (χ1) is 12.8. The summed E-state index contributed by atoms with van der Waals surface area (Å²) in [6.07, 6.45) is 5.87. The van der Waals surface area contributed by atoms with Gasteiger partial charge in [-0.15, -0.1) is 0 Å². The molecule has 1 aromatic carbocycles. The summed E-state index contributed by atoms with van der Waals surface area (Å²) in [7, 11) is 1.70. The fourth-order valence-corrected chi connectivity index (χ4v) is 3.95. The molecule has 0 N–H and O–H groups in total. The van der Waals surface area contributed by atoms with Gasteiger partial charge in [0.15, 0.2) is 0 Å². The Morgan fingerprint density at radius 2 is 1.81 bits per heavy atom. The van der Waals surface area contributed by atoms with Crippen molar-refractivity contribution in [2.24, 2.45) is 0 Å². The maximum absolute atomic E-state index is 12.9. The molecule has 2 aromatic rings. The van der Waals surface area contributed by atoms with Gasteiger partial charge in [-0.25, -0.2) is 4.98 Å². The Balaban J connectivity index is 1.58. The van der Waals surface area contributed by atoms with E-state index in [9.17, 15) is 4.79 Å². The van der Waals surface area contributed by atoms with Crippen LogP contribution in [0.4, 0.5) is 5.82 Å². The number of carbonyl (C=O) groups is 1. The van der Waals surface area contributed by atoms with Gasteiger partial charge in [0.2, 0.25) is 0 Å². The fraction of sp³-hybridized carbons (Fsp3) is 0.429. The number of pyridine rings is 1. The van der Waals surface area contributed by atoms with Crippen molar-refractivity contribution in [2.45, 2.75) is 25.7 Å². The van der Waals surface area contributed by atoms with Crippen molar-refractivity contribution in [1.29, 1.82) is 0 Å². The Morgan fingerprint density at radius 3 is 2.58 bits per heavy atom. The first-order valence-corrected chi connectivity index (χ1v) is 9.41. The Hall–Kier alpha value is -2.56. The van der Waals surface area contributed by atoms with Gasteiger partial charge in [0, 0.05) is 32.4 Å². The van der Waals surface area contributed by atoms with Gasteiger partial charge in [-0.3, -0.25) is 4.79 Å². The van der Waals surface area contributed by atoms with E-state index in [2.05, 4.69) is 22.0 Å². The first kappa shape index (κ1) is 16.9. The van der Waals surface area contributed by atoms with E-state index in [0.29, 0.717) is 0 Å². The molecule has 1 amide bonds. The highest BCUT2D eigenvalue weighted by Crippen LogP contribution is 2.26. The van der Waals surface area contributed by atoms with E-state index in [-0.39, 0.29) is 5.91 Å². The van der Waals surface area contributed by atoms with E-state index in [0.717, 1.165) is 69.0 Å². The predicted octanol–water partition coefficient (Wildman–Crippen LogP) is 2.93. The molecule has 1 fully saturated rings. The number of carbonyl (C=O) groups excluding carboxylic acids is 1. The summed E-state index contributed by atoms with van der Waals surface area (Å²) in [4.78, 5) is 21.7. The second-order valence-electron chi connectivity index (χ2n) is 7.00. The number of aromatic nitrogens is 1.